The number of amides is 5. The molecule has 13 nitrogen and oxygen atoms in total. The number of primary amides is 1. The number of urea groups is 1. The maximum absolute atomic E-state index is 14.3. The molecular formula is C32H54N6O7S. The van der Waals surface area contributed by atoms with Gasteiger partial charge in [-0.2, -0.15) is 4.31 Å². The number of nitrogens with zero attached hydrogens (tertiary/aromatic N) is 2. The molecule has 0 aromatic carbocycles. The lowest BCUT2D eigenvalue weighted by Crippen LogP contribution is -2.62. The summed E-state index contributed by atoms with van der Waals surface area (Å²) >= 11 is 0. The van der Waals surface area contributed by atoms with E-state index in [1.54, 1.807) is 0 Å². The van der Waals surface area contributed by atoms with Crippen LogP contribution in [0.4, 0.5) is 4.79 Å². The fourth-order valence-electron chi connectivity index (χ4n) is 7.32. The first kappa shape index (κ1) is 36.1. The van der Waals surface area contributed by atoms with Crippen LogP contribution in [0.5, 0.6) is 0 Å². The molecule has 5 amide bonds. The van der Waals surface area contributed by atoms with Gasteiger partial charge in [0.1, 0.15) is 12.1 Å². The Morgan fingerprint density at radius 3 is 2.04 bits per heavy atom. The van der Waals surface area contributed by atoms with Crippen molar-refractivity contribution in [2.45, 2.75) is 112 Å². The van der Waals surface area contributed by atoms with Crippen molar-refractivity contribution in [2.75, 3.05) is 25.4 Å². The number of hydrogen-bond acceptors (Lipinski definition) is 7. The average Bonchev–Trinajstić information content (AvgIpc) is 3.20. The highest BCUT2D eigenvalue weighted by Crippen LogP contribution is 2.65. The lowest BCUT2D eigenvalue weighted by Gasteiger charge is -2.39. The van der Waals surface area contributed by atoms with Crippen molar-refractivity contribution in [3.05, 3.63) is 0 Å². The van der Waals surface area contributed by atoms with E-state index < -0.39 is 74.6 Å². The molecular weight excluding hydrogens is 612 g/mol. The average molecular weight is 667 g/mol. The van der Waals surface area contributed by atoms with E-state index in [1.165, 1.54) is 9.21 Å². The zero-order valence-corrected chi connectivity index (χ0v) is 29.5. The van der Waals surface area contributed by atoms with Crippen molar-refractivity contribution in [2.24, 2.45) is 39.7 Å². The highest BCUT2D eigenvalue weighted by Gasteiger charge is 2.70. The van der Waals surface area contributed by atoms with Gasteiger partial charge < -0.3 is 26.6 Å². The highest BCUT2D eigenvalue weighted by atomic mass is 32.2. The Balaban J connectivity index is 1.52. The molecule has 0 aromatic rings. The quantitative estimate of drug-likeness (QED) is 0.240. The number of rotatable bonds is 11. The summed E-state index contributed by atoms with van der Waals surface area (Å²) in [4.78, 5) is 67.8. The summed E-state index contributed by atoms with van der Waals surface area (Å²) in [6.45, 7) is 16.1. The molecule has 14 heteroatoms. The van der Waals surface area contributed by atoms with Crippen LogP contribution in [0, 0.1) is 34.0 Å². The first-order valence-electron chi connectivity index (χ1n) is 16.5. The molecule has 4 fully saturated rings. The number of likely N-dealkylation sites (tertiary alicyclic amines) is 1. The number of ketones is 1. The molecule has 0 aromatic heterocycles. The third-order valence-electron chi connectivity index (χ3n) is 10.8. The first-order chi connectivity index (χ1) is 21.1. The number of carbonyl (C=O) groups is 5. The van der Waals surface area contributed by atoms with Crippen molar-refractivity contribution in [3.8, 4) is 0 Å². The van der Waals surface area contributed by atoms with Gasteiger partial charge in [0, 0.05) is 25.7 Å². The summed E-state index contributed by atoms with van der Waals surface area (Å²) in [5, 5.41) is 8.56. The van der Waals surface area contributed by atoms with Gasteiger partial charge >= 0.3 is 6.03 Å². The predicted octanol–water partition coefficient (Wildman–Crippen LogP) is 1.36. The molecule has 2 saturated carbocycles. The van der Waals surface area contributed by atoms with Gasteiger partial charge in [-0.25, -0.2) is 13.2 Å². The minimum Gasteiger partial charge on any atom is -0.363 e. The zero-order valence-electron chi connectivity index (χ0n) is 28.6. The van der Waals surface area contributed by atoms with Crippen LogP contribution in [0.15, 0.2) is 0 Å². The second-order valence-corrected chi connectivity index (χ2v) is 18.7. The van der Waals surface area contributed by atoms with E-state index in [2.05, 4.69) is 16.0 Å². The monoisotopic (exact) mass is 666 g/mol. The van der Waals surface area contributed by atoms with Gasteiger partial charge in [0.05, 0.1) is 11.8 Å². The van der Waals surface area contributed by atoms with Gasteiger partial charge in [-0.15, -0.1) is 0 Å². The molecule has 4 rings (SSSR count). The lowest BCUT2D eigenvalue weighted by molar-refractivity contribution is -0.145. The van der Waals surface area contributed by atoms with Gasteiger partial charge in [0.25, 0.3) is 5.91 Å². The number of hydrogen-bond donors (Lipinski definition) is 4. The standard InChI is InChI=1S/C32H54N6O7S/c1-30(2,3)21(17-37-13-10-14-46(37,44)45)35-29(43)36-25(31(4,5)6)28(42)38-16-19-22(32(19,7)8)23(38)27(41)34-20(24(39)26(33)40)15-18-11-9-12-18/h18-23,25H,9-17H2,1-8H3,(H2,33,40)(H,34,41)(H2,35,36,43)/t19-,20?,21+,22-,23-,25+/m0/s1. The van der Waals surface area contributed by atoms with Crippen LogP contribution in [0.3, 0.4) is 0 Å². The van der Waals surface area contributed by atoms with Gasteiger partial charge in [-0.1, -0.05) is 74.7 Å². The summed E-state index contributed by atoms with van der Waals surface area (Å²) < 4.78 is 26.4. The first-order valence-corrected chi connectivity index (χ1v) is 18.2. The summed E-state index contributed by atoms with van der Waals surface area (Å²) in [6, 6.07) is -4.09. The number of sulfonamides is 1. The minimum atomic E-state index is -3.38. The molecule has 5 N–H and O–H groups in total. The van der Waals surface area contributed by atoms with E-state index in [1.807, 2.05) is 55.4 Å². The fraction of sp³-hybridized carbons (Fsp3) is 0.844. The van der Waals surface area contributed by atoms with Crippen LogP contribution in [0.2, 0.25) is 0 Å². The van der Waals surface area contributed by atoms with Gasteiger partial charge in [-0.3, -0.25) is 19.2 Å². The van der Waals surface area contributed by atoms with Crippen molar-refractivity contribution < 1.29 is 32.4 Å². The Labute approximate surface area is 273 Å². The SMILES string of the molecule is CC(C)(C)[C@H](NC(=O)N[C@H](CN1CCCS1(=O)=O)C(C)(C)C)C(=O)N1C[C@H]2[C@@H]([C@H]1C(=O)NC(CC1CCC1)C(=O)C(N)=O)C2(C)C. The van der Waals surface area contributed by atoms with Crippen LogP contribution in [-0.4, -0.2) is 96.7 Å². The second kappa shape index (κ2) is 12.7. The van der Waals surface area contributed by atoms with Crippen molar-refractivity contribution in [1.82, 2.24) is 25.2 Å². The Kier molecular flexibility index (Phi) is 9.97. The number of nitrogens with one attached hydrogen (secondary N) is 3. The number of Topliss-reactive ketones (excluding diaryl/α,β-unsaturated/α-hetero) is 1. The lowest BCUT2D eigenvalue weighted by atomic mass is 9.80. The third kappa shape index (κ3) is 7.53. The predicted molar refractivity (Wildman–Crippen MR) is 172 cm³/mol. The van der Waals surface area contributed by atoms with E-state index in [0.717, 1.165) is 19.3 Å². The molecule has 0 spiro atoms. The molecule has 6 atom stereocenters. The number of carbonyl (C=O) groups excluding carboxylic acids is 5. The van der Waals surface area contributed by atoms with Crippen LogP contribution in [0.25, 0.3) is 0 Å². The van der Waals surface area contributed by atoms with Crippen LogP contribution >= 0.6 is 0 Å². The largest absolute Gasteiger partial charge is 0.363 e. The number of nitrogens with two attached hydrogens (primary N) is 1. The highest BCUT2D eigenvalue weighted by molar-refractivity contribution is 7.89. The smallest absolute Gasteiger partial charge is 0.315 e. The maximum Gasteiger partial charge on any atom is 0.315 e. The molecule has 46 heavy (non-hydrogen) atoms. The van der Waals surface area contributed by atoms with E-state index in [4.69, 9.17) is 5.73 Å². The molecule has 2 heterocycles. The fourth-order valence-corrected chi connectivity index (χ4v) is 8.85. The van der Waals surface area contributed by atoms with E-state index in [9.17, 15) is 32.4 Å². The molecule has 2 aliphatic heterocycles. The molecule has 260 valence electrons. The van der Waals surface area contributed by atoms with Crippen molar-refractivity contribution in [1.29, 1.82) is 0 Å². The minimum absolute atomic E-state index is 0.0613. The van der Waals surface area contributed by atoms with Crippen molar-refractivity contribution >= 4 is 39.6 Å². The Bertz CT molecular complexity index is 1350. The molecule has 1 unspecified atom stereocenters. The zero-order chi connectivity index (χ0) is 34.6. The summed E-state index contributed by atoms with van der Waals surface area (Å²) in [5.41, 5.74) is 3.89. The van der Waals surface area contributed by atoms with Crippen molar-refractivity contribution in [3.63, 3.8) is 0 Å². The number of fused-ring (bicyclic) bond motifs is 1. The van der Waals surface area contributed by atoms with Crippen LogP contribution < -0.4 is 21.7 Å². The van der Waals surface area contributed by atoms with Crippen LogP contribution in [0.1, 0.15) is 87.5 Å². The van der Waals surface area contributed by atoms with Gasteiger partial charge in [0.2, 0.25) is 27.6 Å². The number of piperidine rings is 1. The summed E-state index contributed by atoms with van der Waals surface area (Å²) in [7, 11) is -3.38. The van der Waals surface area contributed by atoms with E-state index in [-0.39, 0.29) is 35.5 Å². The molecule has 2 saturated heterocycles. The summed E-state index contributed by atoms with van der Waals surface area (Å²) in [5.74, 6) is -2.65. The normalized spacial score (nSPS) is 27.5. The topological polar surface area (TPSA) is 188 Å². The van der Waals surface area contributed by atoms with Crippen LogP contribution in [-0.2, 0) is 29.2 Å². The molecule has 2 aliphatic carbocycles. The Morgan fingerprint density at radius 1 is 0.935 bits per heavy atom. The third-order valence-corrected chi connectivity index (χ3v) is 12.7. The van der Waals surface area contributed by atoms with Gasteiger partial charge in [-0.05, 0) is 46.8 Å². The van der Waals surface area contributed by atoms with E-state index in [0.29, 0.717) is 25.9 Å². The Hall–Kier alpha value is -2.74. The molecule has 0 bridgehead atoms. The molecule has 0 radical (unpaired) electrons. The van der Waals surface area contributed by atoms with Gasteiger partial charge in [0.15, 0.2) is 0 Å². The van der Waals surface area contributed by atoms with E-state index >= 15 is 0 Å². The maximum atomic E-state index is 14.3. The molecule has 4 aliphatic rings. The summed E-state index contributed by atoms with van der Waals surface area (Å²) in [6.07, 6.45) is 3.71. The Morgan fingerprint density at radius 2 is 1.57 bits per heavy atom. The second-order valence-electron chi connectivity index (χ2n) is 16.6.